The second-order valence-corrected chi connectivity index (χ2v) is 5.68. The number of hydrogen-bond acceptors (Lipinski definition) is 3. The topological polar surface area (TPSA) is 24.5 Å². The molecule has 0 amide bonds. The lowest BCUT2D eigenvalue weighted by atomic mass is 10.0. The quantitative estimate of drug-likeness (QED) is 0.837. The Labute approximate surface area is 127 Å². The molecule has 112 valence electrons. The van der Waals surface area contributed by atoms with Crippen LogP contribution in [0.25, 0.3) is 0 Å². The van der Waals surface area contributed by atoms with Gasteiger partial charge in [0.25, 0.3) is 0 Å². The minimum absolute atomic E-state index is 0.339. The SMILES string of the molecule is CCCNC(CCN1CCOCC1)c1ccccc1Cl. The third-order valence-electron chi connectivity index (χ3n) is 3.76. The number of hydrogen-bond donors (Lipinski definition) is 1. The Morgan fingerprint density at radius 3 is 2.75 bits per heavy atom. The van der Waals surface area contributed by atoms with Gasteiger partial charge in [0.05, 0.1) is 13.2 Å². The molecule has 20 heavy (non-hydrogen) atoms. The lowest BCUT2D eigenvalue weighted by Gasteiger charge is -2.29. The van der Waals surface area contributed by atoms with Crippen molar-refractivity contribution >= 4 is 11.6 Å². The van der Waals surface area contributed by atoms with E-state index in [-0.39, 0.29) is 0 Å². The van der Waals surface area contributed by atoms with Gasteiger partial charge in [-0.1, -0.05) is 36.7 Å². The van der Waals surface area contributed by atoms with Crippen LogP contribution in [0.2, 0.25) is 5.02 Å². The molecule has 1 heterocycles. The molecule has 1 atom stereocenters. The predicted octanol–water partition coefficient (Wildman–Crippen LogP) is 3.10. The molecule has 1 saturated heterocycles. The zero-order valence-corrected chi connectivity index (χ0v) is 13.0. The highest BCUT2D eigenvalue weighted by Crippen LogP contribution is 2.25. The minimum atomic E-state index is 0.339. The van der Waals surface area contributed by atoms with Crippen LogP contribution in [-0.4, -0.2) is 44.3 Å². The van der Waals surface area contributed by atoms with Crippen molar-refractivity contribution in [3.8, 4) is 0 Å². The second kappa shape index (κ2) is 8.63. The van der Waals surface area contributed by atoms with Gasteiger partial charge < -0.3 is 10.1 Å². The van der Waals surface area contributed by atoms with Gasteiger partial charge in [-0.2, -0.15) is 0 Å². The van der Waals surface area contributed by atoms with Crippen LogP contribution in [-0.2, 0) is 4.74 Å². The summed E-state index contributed by atoms with van der Waals surface area (Å²) < 4.78 is 5.40. The minimum Gasteiger partial charge on any atom is -0.379 e. The zero-order valence-electron chi connectivity index (χ0n) is 12.3. The van der Waals surface area contributed by atoms with Crippen molar-refractivity contribution in [1.29, 1.82) is 0 Å². The van der Waals surface area contributed by atoms with E-state index in [0.29, 0.717) is 6.04 Å². The summed E-state index contributed by atoms with van der Waals surface area (Å²) in [6.07, 6.45) is 2.22. The maximum Gasteiger partial charge on any atom is 0.0594 e. The molecule has 3 nitrogen and oxygen atoms in total. The lowest BCUT2D eigenvalue weighted by molar-refractivity contribution is 0.0361. The van der Waals surface area contributed by atoms with Crippen molar-refractivity contribution in [3.63, 3.8) is 0 Å². The van der Waals surface area contributed by atoms with Gasteiger partial charge in [0.1, 0.15) is 0 Å². The van der Waals surface area contributed by atoms with Gasteiger partial charge in [0.15, 0.2) is 0 Å². The number of nitrogens with zero attached hydrogens (tertiary/aromatic N) is 1. The van der Waals surface area contributed by atoms with Gasteiger partial charge in [-0.3, -0.25) is 4.90 Å². The van der Waals surface area contributed by atoms with Gasteiger partial charge in [0, 0.05) is 30.7 Å². The number of benzene rings is 1. The van der Waals surface area contributed by atoms with Crippen LogP contribution < -0.4 is 5.32 Å². The van der Waals surface area contributed by atoms with Gasteiger partial charge in [-0.15, -0.1) is 0 Å². The summed E-state index contributed by atoms with van der Waals surface area (Å²) in [4.78, 5) is 2.47. The molecule has 1 fully saturated rings. The third-order valence-corrected chi connectivity index (χ3v) is 4.10. The first-order valence-corrected chi connectivity index (χ1v) is 7.97. The number of nitrogens with one attached hydrogen (secondary N) is 1. The molecule has 1 aromatic rings. The largest absolute Gasteiger partial charge is 0.379 e. The van der Waals surface area contributed by atoms with Crippen molar-refractivity contribution < 1.29 is 4.74 Å². The maximum atomic E-state index is 6.35. The van der Waals surface area contributed by atoms with E-state index in [0.717, 1.165) is 57.3 Å². The highest BCUT2D eigenvalue weighted by Gasteiger charge is 2.16. The van der Waals surface area contributed by atoms with Crippen molar-refractivity contribution in [2.45, 2.75) is 25.8 Å². The Bertz CT molecular complexity index is 394. The molecule has 0 aromatic heterocycles. The Kier molecular flexibility index (Phi) is 6.80. The highest BCUT2D eigenvalue weighted by atomic mass is 35.5. The summed E-state index contributed by atoms with van der Waals surface area (Å²) in [5.74, 6) is 0. The fraction of sp³-hybridized carbons (Fsp3) is 0.625. The van der Waals surface area contributed by atoms with Gasteiger partial charge in [0.2, 0.25) is 0 Å². The number of halogens is 1. The lowest BCUT2D eigenvalue weighted by Crippen LogP contribution is -2.38. The summed E-state index contributed by atoms with van der Waals surface area (Å²) in [7, 11) is 0. The summed E-state index contributed by atoms with van der Waals surface area (Å²) in [5, 5.41) is 4.49. The normalized spacial score (nSPS) is 18.1. The molecule has 0 spiro atoms. The molecular formula is C16H25ClN2O. The predicted molar refractivity (Wildman–Crippen MR) is 84.4 cm³/mol. The van der Waals surface area contributed by atoms with E-state index in [9.17, 15) is 0 Å². The Hall–Kier alpha value is -0.610. The summed E-state index contributed by atoms with van der Waals surface area (Å²) >= 11 is 6.35. The molecule has 1 aliphatic heterocycles. The molecule has 0 radical (unpaired) electrons. The van der Waals surface area contributed by atoms with Gasteiger partial charge >= 0.3 is 0 Å². The van der Waals surface area contributed by atoms with Crippen molar-refractivity contribution in [2.75, 3.05) is 39.4 Å². The second-order valence-electron chi connectivity index (χ2n) is 5.27. The molecule has 2 rings (SSSR count). The van der Waals surface area contributed by atoms with Gasteiger partial charge in [-0.25, -0.2) is 0 Å². The van der Waals surface area contributed by atoms with Crippen LogP contribution in [0.4, 0.5) is 0 Å². The summed E-state index contributed by atoms with van der Waals surface area (Å²) in [6, 6.07) is 8.51. The fourth-order valence-corrected chi connectivity index (χ4v) is 2.85. The maximum absolute atomic E-state index is 6.35. The van der Waals surface area contributed by atoms with E-state index < -0.39 is 0 Å². The van der Waals surface area contributed by atoms with E-state index >= 15 is 0 Å². The Morgan fingerprint density at radius 2 is 2.05 bits per heavy atom. The Balaban J connectivity index is 1.94. The molecule has 0 aliphatic carbocycles. The highest BCUT2D eigenvalue weighted by molar-refractivity contribution is 6.31. The van der Waals surface area contributed by atoms with Crippen molar-refractivity contribution in [1.82, 2.24) is 10.2 Å². The molecule has 0 saturated carbocycles. The average Bonchev–Trinajstić information content (AvgIpc) is 2.49. The molecule has 1 unspecified atom stereocenters. The smallest absolute Gasteiger partial charge is 0.0594 e. The monoisotopic (exact) mass is 296 g/mol. The number of morpholine rings is 1. The number of rotatable bonds is 7. The first kappa shape index (κ1) is 15.8. The summed E-state index contributed by atoms with van der Waals surface area (Å²) in [6.45, 7) is 8.12. The van der Waals surface area contributed by atoms with E-state index in [4.69, 9.17) is 16.3 Å². The third kappa shape index (κ3) is 4.74. The van der Waals surface area contributed by atoms with E-state index in [2.05, 4.69) is 29.3 Å². The van der Waals surface area contributed by atoms with Crippen LogP contribution in [0.1, 0.15) is 31.4 Å². The van der Waals surface area contributed by atoms with E-state index in [1.54, 1.807) is 0 Å². The first-order chi connectivity index (χ1) is 9.81. The molecule has 1 aliphatic rings. The van der Waals surface area contributed by atoms with E-state index in [1.165, 1.54) is 5.56 Å². The molecule has 1 aromatic carbocycles. The van der Waals surface area contributed by atoms with Crippen molar-refractivity contribution in [2.24, 2.45) is 0 Å². The zero-order chi connectivity index (χ0) is 14.2. The first-order valence-electron chi connectivity index (χ1n) is 7.59. The molecule has 0 bridgehead atoms. The van der Waals surface area contributed by atoms with Crippen LogP contribution in [0, 0.1) is 0 Å². The van der Waals surface area contributed by atoms with Crippen LogP contribution >= 0.6 is 11.6 Å². The van der Waals surface area contributed by atoms with Gasteiger partial charge in [-0.05, 0) is 31.0 Å². The fourth-order valence-electron chi connectivity index (χ4n) is 2.58. The van der Waals surface area contributed by atoms with Crippen LogP contribution in [0.3, 0.4) is 0 Å². The molecular weight excluding hydrogens is 272 g/mol. The molecule has 1 N–H and O–H groups in total. The standard InChI is InChI=1S/C16H25ClN2O/c1-2-8-18-16(14-5-3-4-6-15(14)17)7-9-19-10-12-20-13-11-19/h3-6,16,18H,2,7-13H2,1H3. The Morgan fingerprint density at radius 1 is 1.30 bits per heavy atom. The number of ether oxygens (including phenoxy) is 1. The van der Waals surface area contributed by atoms with E-state index in [1.807, 2.05) is 12.1 Å². The average molecular weight is 297 g/mol. The van der Waals surface area contributed by atoms with Crippen LogP contribution in [0.15, 0.2) is 24.3 Å². The molecule has 4 heteroatoms. The van der Waals surface area contributed by atoms with Crippen LogP contribution in [0.5, 0.6) is 0 Å². The van der Waals surface area contributed by atoms with Crippen molar-refractivity contribution in [3.05, 3.63) is 34.9 Å². The summed E-state index contributed by atoms with van der Waals surface area (Å²) in [5.41, 5.74) is 1.22.